The van der Waals surface area contributed by atoms with Crippen molar-refractivity contribution in [2.45, 2.75) is 37.8 Å². The first-order valence-electron chi connectivity index (χ1n) is 7.20. The van der Waals surface area contributed by atoms with Gasteiger partial charge in [-0.15, -0.1) is 0 Å². The number of hydrogen-bond donors (Lipinski definition) is 1. The van der Waals surface area contributed by atoms with Crippen LogP contribution in [0.3, 0.4) is 0 Å². The summed E-state index contributed by atoms with van der Waals surface area (Å²) in [6.45, 7) is 1.71. The van der Waals surface area contributed by atoms with Gasteiger partial charge in [0, 0.05) is 19.8 Å². The minimum Gasteiger partial charge on any atom is -0.384 e. The highest BCUT2D eigenvalue weighted by molar-refractivity contribution is 5.25. The second-order valence-electron chi connectivity index (χ2n) is 5.20. The number of rotatable bonds is 7. The molecule has 0 spiro atoms. The molecule has 0 amide bonds. The number of hydrogen-bond acceptors (Lipinski definition) is 3. The molecule has 1 heterocycles. The predicted octanol–water partition coefficient (Wildman–Crippen LogP) is 2.71. The summed E-state index contributed by atoms with van der Waals surface area (Å²) in [5.41, 5.74) is 2.68. The average Bonchev–Trinajstić information content (AvgIpc) is 2.96. The van der Waals surface area contributed by atoms with Gasteiger partial charge in [-0.3, -0.25) is 0 Å². The lowest BCUT2D eigenvalue weighted by Crippen LogP contribution is -2.22. The van der Waals surface area contributed by atoms with Crippen LogP contribution in [0.5, 0.6) is 0 Å². The Bertz CT molecular complexity index is 358. The summed E-state index contributed by atoms with van der Waals surface area (Å²) in [5.74, 6) is 0. The molecule has 1 N–H and O–H groups in total. The summed E-state index contributed by atoms with van der Waals surface area (Å²) in [5, 5.41) is 3.40. The molecule has 0 radical (unpaired) electrons. The third kappa shape index (κ3) is 4.30. The van der Waals surface area contributed by atoms with E-state index < -0.39 is 0 Å². The Morgan fingerprint density at radius 3 is 2.74 bits per heavy atom. The second-order valence-corrected chi connectivity index (χ2v) is 5.20. The van der Waals surface area contributed by atoms with Gasteiger partial charge in [0.05, 0.1) is 12.7 Å². The summed E-state index contributed by atoms with van der Waals surface area (Å²) in [6.07, 6.45) is 4.87. The van der Waals surface area contributed by atoms with E-state index in [1.807, 2.05) is 7.05 Å². The first-order chi connectivity index (χ1) is 9.33. The van der Waals surface area contributed by atoms with Gasteiger partial charge in [0.2, 0.25) is 0 Å². The SMILES string of the molecule is CNC(CC1CCCO1)c1ccc(CCOC)cc1. The number of methoxy groups -OCH3 is 1. The largest absolute Gasteiger partial charge is 0.384 e. The topological polar surface area (TPSA) is 30.5 Å². The van der Waals surface area contributed by atoms with Crippen LogP contribution in [-0.4, -0.2) is 33.5 Å². The van der Waals surface area contributed by atoms with Gasteiger partial charge < -0.3 is 14.8 Å². The van der Waals surface area contributed by atoms with Crippen molar-refractivity contribution in [2.75, 3.05) is 27.4 Å². The van der Waals surface area contributed by atoms with E-state index in [1.165, 1.54) is 24.0 Å². The lowest BCUT2D eigenvalue weighted by molar-refractivity contribution is 0.0954. The van der Waals surface area contributed by atoms with Gasteiger partial charge in [0.1, 0.15) is 0 Å². The highest BCUT2D eigenvalue weighted by Gasteiger charge is 2.20. The van der Waals surface area contributed by atoms with E-state index >= 15 is 0 Å². The molecule has 0 aliphatic carbocycles. The molecule has 19 heavy (non-hydrogen) atoms. The molecule has 2 atom stereocenters. The van der Waals surface area contributed by atoms with Gasteiger partial charge in [-0.05, 0) is 43.9 Å². The van der Waals surface area contributed by atoms with Crippen LogP contribution in [0.15, 0.2) is 24.3 Å². The van der Waals surface area contributed by atoms with Gasteiger partial charge in [0.25, 0.3) is 0 Å². The average molecular weight is 263 g/mol. The molecule has 0 bridgehead atoms. The Balaban J connectivity index is 1.93. The fourth-order valence-electron chi connectivity index (χ4n) is 2.65. The quantitative estimate of drug-likeness (QED) is 0.820. The van der Waals surface area contributed by atoms with Gasteiger partial charge >= 0.3 is 0 Å². The first kappa shape index (κ1) is 14.5. The molecule has 0 aromatic heterocycles. The number of nitrogens with one attached hydrogen (secondary N) is 1. The Morgan fingerprint density at radius 2 is 2.16 bits per heavy atom. The molecule has 1 saturated heterocycles. The minimum atomic E-state index is 0.388. The molecule has 1 aromatic carbocycles. The molecular weight excluding hydrogens is 238 g/mol. The zero-order valence-electron chi connectivity index (χ0n) is 12.0. The van der Waals surface area contributed by atoms with Crippen molar-refractivity contribution < 1.29 is 9.47 Å². The molecule has 1 aromatic rings. The predicted molar refractivity (Wildman–Crippen MR) is 77.4 cm³/mol. The second kappa shape index (κ2) is 7.63. The Kier molecular flexibility index (Phi) is 5.83. The van der Waals surface area contributed by atoms with E-state index in [-0.39, 0.29) is 0 Å². The monoisotopic (exact) mass is 263 g/mol. The van der Waals surface area contributed by atoms with Gasteiger partial charge in [-0.1, -0.05) is 24.3 Å². The maximum Gasteiger partial charge on any atom is 0.0594 e. The van der Waals surface area contributed by atoms with Crippen molar-refractivity contribution in [1.29, 1.82) is 0 Å². The maximum absolute atomic E-state index is 5.73. The van der Waals surface area contributed by atoms with Crippen molar-refractivity contribution in [2.24, 2.45) is 0 Å². The van der Waals surface area contributed by atoms with Crippen LogP contribution in [0.4, 0.5) is 0 Å². The molecular formula is C16H25NO2. The highest BCUT2D eigenvalue weighted by atomic mass is 16.5. The fourth-order valence-corrected chi connectivity index (χ4v) is 2.65. The van der Waals surface area contributed by atoms with Crippen molar-refractivity contribution >= 4 is 0 Å². The van der Waals surface area contributed by atoms with Gasteiger partial charge in [0.15, 0.2) is 0 Å². The van der Waals surface area contributed by atoms with Crippen LogP contribution in [0, 0.1) is 0 Å². The van der Waals surface area contributed by atoms with Crippen molar-refractivity contribution in [3.05, 3.63) is 35.4 Å². The van der Waals surface area contributed by atoms with Crippen LogP contribution < -0.4 is 5.32 Å². The molecule has 3 nitrogen and oxygen atoms in total. The van der Waals surface area contributed by atoms with Crippen LogP contribution in [-0.2, 0) is 15.9 Å². The van der Waals surface area contributed by atoms with E-state index in [0.717, 1.165) is 26.1 Å². The van der Waals surface area contributed by atoms with E-state index in [9.17, 15) is 0 Å². The van der Waals surface area contributed by atoms with Gasteiger partial charge in [-0.25, -0.2) is 0 Å². The van der Waals surface area contributed by atoms with Crippen molar-refractivity contribution in [3.63, 3.8) is 0 Å². The third-order valence-corrected chi connectivity index (χ3v) is 3.85. The van der Waals surface area contributed by atoms with Crippen molar-refractivity contribution in [3.8, 4) is 0 Å². The zero-order valence-corrected chi connectivity index (χ0v) is 12.0. The minimum absolute atomic E-state index is 0.388. The smallest absolute Gasteiger partial charge is 0.0594 e. The normalized spacial score (nSPS) is 20.6. The van der Waals surface area contributed by atoms with Crippen LogP contribution in [0.1, 0.15) is 36.4 Å². The van der Waals surface area contributed by atoms with E-state index in [2.05, 4.69) is 29.6 Å². The molecule has 1 aliphatic heterocycles. The lowest BCUT2D eigenvalue weighted by atomic mass is 9.98. The third-order valence-electron chi connectivity index (χ3n) is 3.85. The maximum atomic E-state index is 5.73. The molecule has 106 valence electrons. The Hall–Kier alpha value is -0.900. The van der Waals surface area contributed by atoms with Crippen LogP contribution >= 0.6 is 0 Å². The summed E-state index contributed by atoms with van der Waals surface area (Å²) >= 11 is 0. The molecule has 2 unspecified atom stereocenters. The summed E-state index contributed by atoms with van der Waals surface area (Å²) < 4.78 is 10.8. The van der Waals surface area contributed by atoms with Gasteiger partial charge in [-0.2, -0.15) is 0 Å². The van der Waals surface area contributed by atoms with Crippen LogP contribution in [0.25, 0.3) is 0 Å². The molecule has 0 saturated carbocycles. The summed E-state index contributed by atoms with van der Waals surface area (Å²) in [4.78, 5) is 0. The first-order valence-corrected chi connectivity index (χ1v) is 7.20. The lowest BCUT2D eigenvalue weighted by Gasteiger charge is -2.20. The van der Waals surface area contributed by atoms with Crippen molar-refractivity contribution in [1.82, 2.24) is 5.32 Å². The number of ether oxygens (including phenoxy) is 2. The Morgan fingerprint density at radius 1 is 1.37 bits per heavy atom. The molecule has 2 rings (SSSR count). The Labute approximate surface area is 116 Å². The molecule has 1 aliphatic rings. The van der Waals surface area contributed by atoms with E-state index in [1.54, 1.807) is 7.11 Å². The van der Waals surface area contributed by atoms with Crippen LogP contribution in [0.2, 0.25) is 0 Å². The number of benzene rings is 1. The molecule has 3 heteroatoms. The standard InChI is InChI=1S/C16H25NO2/c1-17-16(12-15-4-3-10-19-15)14-7-5-13(6-8-14)9-11-18-2/h5-8,15-17H,3-4,9-12H2,1-2H3. The highest BCUT2D eigenvalue weighted by Crippen LogP contribution is 2.25. The fraction of sp³-hybridized carbons (Fsp3) is 0.625. The molecule has 1 fully saturated rings. The zero-order chi connectivity index (χ0) is 13.5. The summed E-state index contributed by atoms with van der Waals surface area (Å²) in [6, 6.07) is 9.24. The van der Waals surface area contributed by atoms with E-state index in [0.29, 0.717) is 12.1 Å². The summed E-state index contributed by atoms with van der Waals surface area (Å²) in [7, 11) is 3.77. The van der Waals surface area contributed by atoms with E-state index in [4.69, 9.17) is 9.47 Å².